The summed E-state index contributed by atoms with van der Waals surface area (Å²) in [7, 11) is 0. The highest BCUT2D eigenvalue weighted by atomic mass is 19.1. The summed E-state index contributed by atoms with van der Waals surface area (Å²) in [5, 5.41) is 4.12. The van der Waals surface area contributed by atoms with E-state index in [2.05, 4.69) is 5.10 Å². The predicted molar refractivity (Wildman–Crippen MR) is 57.5 cm³/mol. The lowest BCUT2D eigenvalue weighted by atomic mass is 10.2. The minimum Gasteiger partial charge on any atom is -0.303 e. The van der Waals surface area contributed by atoms with Crippen LogP contribution in [0.4, 0.5) is 4.39 Å². The Morgan fingerprint density at radius 1 is 1.25 bits per heavy atom. The summed E-state index contributed by atoms with van der Waals surface area (Å²) in [5.41, 5.74) is 1.82. The van der Waals surface area contributed by atoms with Gasteiger partial charge in [-0.25, -0.2) is 4.39 Å². The number of halogens is 1. The number of hydrogen-bond acceptors (Lipinski definition) is 2. The molecule has 0 spiro atoms. The SMILES string of the molecule is O=CCc1ccnn1Cc1ccc(F)cc1. The number of hydrogen-bond donors (Lipinski definition) is 0. The molecule has 0 saturated carbocycles. The Kier molecular flexibility index (Phi) is 3.10. The van der Waals surface area contributed by atoms with Gasteiger partial charge in [0.25, 0.3) is 0 Å². The van der Waals surface area contributed by atoms with Crippen molar-refractivity contribution in [2.45, 2.75) is 13.0 Å². The minimum atomic E-state index is -0.252. The number of nitrogens with zero attached hydrogens (tertiary/aromatic N) is 2. The fourth-order valence-electron chi connectivity index (χ4n) is 1.52. The van der Waals surface area contributed by atoms with Crippen molar-refractivity contribution in [1.82, 2.24) is 9.78 Å². The van der Waals surface area contributed by atoms with E-state index < -0.39 is 0 Å². The molecule has 0 atom stereocenters. The lowest BCUT2D eigenvalue weighted by Crippen LogP contribution is -2.06. The molecular weight excluding hydrogens is 207 g/mol. The second kappa shape index (κ2) is 4.70. The summed E-state index contributed by atoms with van der Waals surface area (Å²) in [4.78, 5) is 10.4. The molecule has 1 heterocycles. The van der Waals surface area contributed by atoms with Crippen molar-refractivity contribution in [3.8, 4) is 0 Å². The van der Waals surface area contributed by atoms with Crippen LogP contribution in [0.25, 0.3) is 0 Å². The van der Waals surface area contributed by atoms with Gasteiger partial charge in [-0.1, -0.05) is 12.1 Å². The van der Waals surface area contributed by atoms with E-state index in [0.29, 0.717) is 13.0 Å². The van der Waals surface area contributed by atoms with E-state index in [1.165, 1.54) is 12.1 Å². The van der Waals surface area contributed by atoms with Gasteiger partial charge in [0.2, 0.25) is 0 Å². The second-order valence-electron chi connectivity index (χ2n) is 3.48. The van der Waals surface area contributed by atoms with Crippen LogP contribution in [0.3, 0.4) is 0 Å². The molecule has 2 aromatic rings. The third-order valence-corrected chi connectivity index (χ3v) is 2.34. The van der Waals surface area contributed by atoms with Crippen LogP contribution in [0.15, 0.2) is 36.5 Å². The standard InChI is InChI=1S/C12H11FN2O/c13-11-3-1-10(2-4-11)9-15-12(6-8-16)5-7-14-15/h1-5,7-8H,6,9H2. The third-order valence-electron chi connectivity index (χ3n) is 2.34. The van der Waals surface area contributed by atoms with Crippen LogP contribution in [0.1, 0.15) is 11.3 Å². The van der Waals surface area contributed by atoms with Crippen molar-refractivity contribution in [3.63, 3.8) is 0 Å². The average Bonchev–Trinajstić information content (AvgIpc) is 2.70. The highest BCUT2D eigenvalue weighted by Crippen LogP contribution is 2.07. The number of carbonyl (C=O) groups excluding carboxylic acids is 1. The Morgan fingerprint density at radius 2 is 2.00 bits per heavy atom. The van der Waals surface area contributed by atoms with E-state index in [-0.39, 0.29) is 5.82 Å². The van der Waals surface area contributed by atoms with Gasteiger partial charge in [0, 0.05) is 18.3 Å². The molecule has 0 N–H and O–H groups in total. The van der Waals surface area contributed by atoms with Crippen LogP contribution in [0.2, 0.25) is 0 Å². The molecule has 0 saturated heterocycles. The Labute approximate surface area is 92.5 Å². The first-order valence-corrected chi connectivity index (χ1v) is 4.98. The Balaban J connectivity index is 2.16. The Hall–Kier alpha value is -1.97. The van der Waals surface area contributed by atoms with Crippen molar-refractivity contribution in [3.05, 3.63) is 53.6 Å². The monoisotopic (exact) mass is 218 g/mol. The fraction of sp³-hybridized carbons (Fsp3) is 0.167. The molecule has 0 bridgehead atoms. The highest BCUT2D eigenvalue weighted by Gasteiger charge is 2.02. The lowest BCUT2D eigenvalue weighted by Gasteiger charge is -2.05. The maximum atomic E-state index is 12.7. The molecule has 0 unspecified atom stereocenters. The normalized spacial score (nSPS) is 10.3. The van der Waals surface area contributed by atoms with Gasteiger partial charge in [-0.3, -0.25) is 4.68 Å². The molecule has 2 rings (SSSR count). The Morgan fingerprint density at radius 3 is 2.69 bits per heavy atom. The molecule has 1 aromatic carbocycles. The molecule has 3 nitrogen and oxygen atoms in total. The summed E-state index contributed by atoms with van der Waals surface area (Å²) >= 11 is 0. The zero-order chi connectivity index (χ0) is 11.4. The van der Waals surface area contributed by atoms with Gasteiger partial charge in [0.1, 0.15) is 12.1 Å². The number of aromatic nitrogens is 2. The summed E-state index contributed by atoms with van der Waals surface area (Å²) in [5.74, 6) is -0.252. The molecule has 0 aliphatic rings. The molecule has 0 aliphatic heterocycles. The number of rotatable bonds is 4. The molecule has 0 amide bonds. The molecule has 0 aliphatic carbocycles. The molecule has 0 fully saturated rings. The van der Waals surface area contributed by atoms with Crippen molar-refractivity contribution >= 4 is 6.29 Å². The summed E-state index contributed by atoms with van der Waals surface area (Å²) in [6, 6.07) is 8.05. The van der Waals surface area contributed by atoms with Crippen LogP contribution in [0.5, 0.6) is 0 Å². The summed E-state index contributed by atoms with van der Waals surface area (Å²) in [6.45, 7) is 0.552. The fourth-order valence-corrected chi connectivity index (χ4v) is 1.52. The van der Waals surface area contributed by atoms with Crippen molar-refractivity contribution in [2.24, 2.45) is 0 Å². The largest absolute Gasteiger partial charge is 0.303 e. The zero-order valence-electron chi connectivity index (χ0n) is 8.64. The summed E-state index contributed by atoms with van der Waals surface area (Å²) in [6.07, 6.45) is 2.85. The average molecular weight is 218 g/mol. The molecule has 1 aromatic heterocycles. The van der Waals surface area contributed by atoms with Gasteiger partial charge in [-0.15, -0.1) is 0 Å². The van der Waals surface area contributed by atoms with E-state index in [4.69, 9.17) is 0 Å². The molecule has 0 radical (unpaired) electrons. The van der Waals surface area contributed by atoms with Gasteiger partial charge in [0.15, 0.2) is 0 Å². The van der Waals surface area contributed by atoms with Gasteiger partial charge in [-0.05, 0) is 23.8 Å². The van der Waals surface area contributed by atoms with Gasteiger partial charge < -0.3 is 4.79 Å². The second-order valence-corrected chi connectivity index (χ2v) is 3.48. The predicted octanol–water partition coefficient (Wildman–Crippen LogP) is 1.81. The number of carbonyl (C=O) groups is 1. The molecular formula is C12H11FN2O. The first-order valence-electron chi connectivity index (χ1n) is 4.98. The van der Waals surface area contributed by atoms with E-state index in [1.54, 1.807) is 29.1 Å². The first-order chi connectivity index (χ1) is 7.79. The molecule has 16 heavy (non-hydrogen) atoms. The maximum Gasteiger partial charge on any atom is 0.125 e. The Bertz CT molecular complexity index is 476. The van der Waals surface area contributed by atoms with Crippen LogP contribution < -0.4 is 0 Å². The van der Waals surface area contributed by atoms with Crippen LogP contribution in [0, 0.1) is 5.82 Å². The van der Waals surface area contributed by atoms with Gasteiger partial charge in [0.05, 0.1) is 6.54 Å². The van der Waals surface area contributed by atoms with E-state index >= 15 is 0 Å². The van der Waals surface area contributed by atoms with Crippen molar-refractivity contribution in [1.29, 1.82) is 0 Å². The molecule has 82 valence electrons. The topological polar surface area (TPSA) is 34.9 Å². The van der Waals surface area contributed by atoms with E-state index in [1.807, 2.05) is 0 Å². The lowest BCUT2D eigenvalue weighted by molar-refractivity contribution is -0.107. The minimum absolute atomic E-state index is 0.252. The van der Waals surface area contributed by atoms with Gasteiger partial charge >= 0.3 is 0 Å². The van der Waals surface area contributed by atoms with E-state index in [0.717, 1.165) is 17.5 Å². The van der Waals surface area contributed by atoms with Crippen molar-refractivity contribution in [2.75, 3.05) is 0 Å². The van der Waals surface area contributed by atoms with Crippen LogP contribution in [-0.2, 0) is 17.8 Å². The van der Waals surface area contributed by atoms with Crippen molar-refractivity contribution < 1.29 is 9.18 Å². The smallest absolute Gasteiger partial charge is 0.125 e. The number of benzene rings is 1. The molecule has 4 heteroatoms. The van der Waals surface area contributed by atoms with Gasteiger partial charge in [-0.2, -0.15) is 5.10 Å². The summed E-state index contributed by atoms with van der Waals surface area (Å²) < 4.78 is 14.4. The highest BCUT2D eigenvalue weighted by molar-refractivity contribution is 5.53. The maximum absolute atomic E-state index is 12.7. The third kappa shape index (κ3) is 2.34. The quantitative estimate of drug-likeness (QED) is 0.733. The zero-order valence-corrected chi connectivity index (χ0v) is 8.64. The number of aldehydes is 1. The van der Waals surface area contributed by atoms with E-state index in [9.17, 15) is 9.18 Å². The first kappa shape index (κ1) is 10.5. The van der Waals surface area contributed by atoms with Crippen LogP contribution in [-0.4, -0.2) is 16.1 Å². The van der Waals surface area contributed by atoms with Crippen LogP contribution >= 0.6 is 0 Å².